The Kier molecular flexibility index (Phi) is 8.20. The number of hydrogen-bond donors (Lipinski definition) is 1. The summed E-state index contributed by atoms with van der Waals surface area (Å²) < 4.78 is 4.69. The van der Waals surface area contributed by atoms with Gasteiger partial charge < -0.3 is 9.84 Å². The van der Waals surface area contributed by atoms with E-state index in [1.165, 1.54) is 23.6 Å². The number of carboxylic acid groups (broad SMARTS) is 1. The Balaban J connectivity index is 0.000000165. The number of fused-ring (bicyclic) bond motifs is 4. The van der Waals surface area contributed by atoms with Crippen molar-refractivity contribution in [1.29, 1.82) is 0 Å². The van der Waals surface area contributed by atoms with Crippen LogP contribution in [0.2, 0.25) is 0 Å². The zero-order valence-corrected chi connectivity index (χ0v) is 23.5. The molecular weight excluding hydrogens is 512 g/mol. The molecule has 0 radical (unpaired) electrons. The van der Waals surface area contributed by atoms with Gasteiger partial charge in [0.1, 0.15) is 0 Å². The van der Waals surface area contributed by atoms with Crippen molar-refractivity contribution in [2.45, 2.75) is 39.5 Å². The van der Waals surface area contributed by atoms with E-state index in [1.54, 1.807) is 0 Å². The van der Waals surface area contributed by atoms with Crippen LogP contribution in [0.3, 0.4) is 0 Å². The minimum Gasteiger partial charge on any atom is -0.481 e. The molecule has 0 bridgehead atoms. The van der Waals surface area contributed by atoms with E-state index in [2.05, 4.69) is 47.8 Å². The first-order valence-electron chi connectivity index (χ1n) is 13.7. The van der Waals surface area contributed by atoms with Crippen LogP contribution in [-0.2, 0) is 27.2 Å². The number of pyridine rings is 2. The number of hydrogen-bond acceptors (Lipinski definition) is 5. The van der Waals surface area contributed by atoms with E-state index in [4.69, 9.17) is 10.1 Å². The van der Waals surface area contributed by atoms with Crippen LogP contribution < -0.4 is 0 Å². The molecule has 4 aromatic carbocycles. The fraction of sp³-hybridized carbons (Fsp3) is 0.200. The number of methoxy groups -OCH3 is 1. The summed E-state index contributed by atoms with van der Waals surface area (Å²) in [5.74, 6) is -0.943. The molecule has 206 valence electrons. The summed E-state index contributed by atoms with van der Waals surface area (Å²) >= 11 is 0. The highest BCUT2D eigenvalue weighted by molar-refractivity contribution is 5.98. The van der Waals surface area contributed by atoms with Gasteiger partial charge in [-0.2, -0.15) is 0 Å². The molecule has 2 aromatic heterocycles. The van der Waals surface area contributed by atoms with Gasteiger partial charge in [0.15, 0.2) is 0 Å². The number of aliphatic carboxylic acids is 1. The van der Waals surface area contributed by atoms with Gasteiger partial charge in [0.05, 0.1) is 29.2 Å². The average molecular weight is 545 g/mol. The van der Waals surface area contributed by atoms with Crippen molar-refractivity contribution in [3.8, 4) is 0 Å². The predicted octanol–water partition coefficient (Wildman–Crippen LogP) is 7.52. The first-order chi connectivity index (χ1) is 19.8. The van der Waals surface area contributed by atoms with Gasteiger partial charge >= 0.3 is 11.9 Å². The minimum absolute atomic E-state index is 0.158. The molecule has 6 aromatic rings. The van der Waals surface area contributed by atoms with Crippen molar-refractivity contribution in [2.75, 3.05) is 7.11 Å². The van der Waals surface area contributed by atoms with E-state index >= 15 is 0 Å². The molecule has 41 heavy (non-hydrogen) atoms. The Morgan fingerprint density at radius 3 is 1.54 bits per heavy atom. The number of carboxylic acids is 1. The fourth-order valence-corrected chi connectivity index (χ4v) is 5.20. The van der Waals surface area contributed by atoms with Crippen molar-refractivity contribution < 1.29 is 19.4 Å². The number of rotatable bonds is 6. The number of aromatic nitrogens is 2. The molecule has 0 aliphatic rings. The summed E-state index contributed by atoms with van der Waals surface area (Å²) in [7, 11) is 1.42. The van der Waals surface area contributed by atoms with Gasteiger partial charge in [0.25, 0.3) is 0 Å². The van der Waals surface area contributed by atoms with Crippen LogP contribution in [-0.4, -0.2) is 34.1 Å². The zero-order chi connectivity index (χ0) is 28.9. The normalized spacial score (nSPS) is 11.0. The number of aryl methyl sites for hydroxylation is 4. The molecule has 0 spiro atoms. The number of carbonyl (C=O) groups excluding carboxylic acids is 1. The maximum atomic E-state index is 11.3. The van der Waals surface area contributed by atoms with E-state index in [-0.39, 0.29) is 12.4 Å². The van der Waals surface area contributed by atoms with E-state index in [9.17, 15) is 9.59 Å². The molecule has 6 rings (SSSR count). The lowest BCUT2D eigenvalue weighted by molar-refractivity contribution is -0.140. The second-order valence-corrected chi connectivity index (χ2v) is 10.2. The van der Waals surface area contributed by atoms with E-state index < -0.39 is 5.97 Å². The molecule has 0 amide bonds. The van der Waals surface area contributed by atoms with Gasteiger partial charge in [-0.1, -0.05) is 48.5 Å². The Hall–Kier alpha value is -4.84. The van der Waals surface area contributed by atoms with Crippen molar-refractivity contribution in [3.63, 3.8) is 0 Å². The molecule has 2 heterocycles. The maximum absolute atomic E-state index is 11.3. The second kappa shape index (κ2) is 12.1. The minimum atomic E-state index is -0.765. The second-order valence-electron chi connectivity index (χ2n) is 10.2. The Bertz CT molecular complexity index is 1910. The van der Waals surface area contributed by atoms with Crippen molar-refractivity contribution in [3.05, 3.63) is 107 Å². The zero-order valence-electron chi connectivity index (χ0n) is 23.5. The topological polar surface area (TPSA) is 89.4 Å². The van der Waals surface area contributed by atoms with Gasteiger partial charge in [0, 0.05) is 34.4 Å². The third-order valence-corrected chi connectivity index (χ3v) is 7.50. The Morgan fingerprint density at radius 2 is 1.07 bits per heavy atom. The molecule has 0 aliphatic carbocycles. The van der Waals surface area contributed by atoms with Crippen LogP contribution in [0.1, 0.15) is 35.1 Å². The SMILES string of the molecule is COC(=O)CCc1ccc2nc3ccccc3c(C)c2c1.Cc1c2ccccc2nc2ccc(CCC(=O)O)cc12. The van der Waals surface area contributed by atoms with Crippen LogP contribution in [0.25, 0.3) is 43.6 Å². The van der Waals surface area contributed by atoms with Crippen molar-refractivity contribution in [1.82, 2.24) is 9.97 Å². The van der Waals surface area contributed by atoms with Crippen LogP contribution in [0.4, 0.5) is 0 Å². The van der Waals surface area contributed by atoms with Crippen molar-refractivity contribution in [2.24, 2.45) is 0 Å². The number of esters is 1. The standard InChI is InChI=1S/C18H17NO2.C17H15NO2/c1-12-14-5-3-4-6-16(14)19-17-9-7-13(11-15(12)17)8-10-18(20)21-2;1-11-13-4-2-3-5-15(13)18-16-8-6-12(10-14(11)16)7-9-17(19)20/h3-7,9,11H,8,10H2,1-2H3;2-6,8,10H,7,9H2,1H3,(H,19,20). The van der Waals surface area contributed by atoms with Crippen LogP contribution in [0.15, 0.2) is 84.9 Å². The first-order valence-corrected chi connectivity index (χ1v) is 13.7. The molecular formula is C35H32N2O4. The number of para-hydroxylation sites is 2. The molecule has 0 fully saturated rings. The highest BCUT2D eigenvalue weighted by atomic mass is 16.5. The molecule has 0 aliphatic heterocycles. The fourth-order valence-electron chi connectivity index (χ4n) is 5.20. The van der Waals surface area contributed by atoms with Gasteiger partial charge in [-0.25, -0.2) is 9.97 Å². The number of ether oxygens (including phenoxy) is 1. The summed E-state index contributed by atoms with van der Waals surface area (Å²) in [5, 5.41) is 13.3. The highest BCUT2D eigenvalue weighted by Gasteiger charge is 2.09. The van der Waals surface area contributed by atoms with Crippen LogP contribution >= 0.6 is 0 Å². The lowest BCUT2D eigenvalue weighted by atomic mass is 10.0. The molecule has 0 saturated heterocycles. The van der Waals surface area contributed by atoms with Crippen molar-refractivity contribution >= 4 is 55.6 Å². The summed E-state index contributed by atoms with van der Waals surface area (Å²) in [5.41, 5.74) is 8.57. The number of nitrogens with zero attached hydrogens (tertiary/aromatic N) is 2. The van der Waals surface area contributed by atoms with Gasteiger partial charge in [-0.15, -0.1) is 0 Å². The lowest BCUT2D eigenvalue weighted by Gasteiger charge is -2.08. The summed E-state index contributed by atoms with van der Waals surface area (Å²) in [6.07, 6.45) is 1.81. The van der Waals surface area contributed by atoms with E-state index in [1.807, 2.05) is 60.7 Å². The van der Waals surface area contributed by atoms with Crippen LogP contribution in [0, 0.1) is 13.8 Å². The molecule has 0 unspecified atom stereocenters. The van der Waals surface area contributed by atoms with Gasteiger partial charge in [-0.3, -0.25) is 9.59 Å². The predicted molar refractivity (Wildman–Crippen MR) is 164 cm³/mol. The summed E-state index contributed by atoms with van der Waals surface area (Å²) in [4.78, 5) is 31.3. The molecule has 6 heteroatoms. The first kappa shape index (κ1) is 27.7. The molecule has 0 saturated carbocycles. The maximum Gasteiger partial charge on any atom is 0.305 e. The molecule has 0 atom stereocenters. The Labute approximate surface area is 238 Å². The third-order valence-electron chi connectivity index (χ3n) is 7.50. The van der Waals surface area contributed by atoms with E-state index in [0.717, 1.165) is 49.4 Å². The van der Waals surface area contributed by atoms with Crippen LogP contribution in [0.5, 0.6) is 0 Å². The number of benzene rings is 4. The lowest BCUT2D eigenvalue weighted by Crippen LogP contribution is -2.02. The monoisotopic (exact) mass is 544 g/mol. The Morgan fingerprint density at radius 1 is 0.634 bits per heavy atom. The number of carbonyl (C=O) groups is 2. The largest absolute Gasteiger partial charge is 0.481 e. The van der Waals surface area contributed by atoms with Gasteiger partial charge in [-0.05, 0) is 85.3 Å². The summed E-state index contributed by atoms with van der Waals surface area (Å²) in [6.45, 7) is 4.21. The molecule has 1 N–H and O–H groups in total. The van der Waals surface area contributed by atoms with Gasteiger partial charge in [0.2, 0.25) is 0 Å². The molecule has 6 nitrogen and oxygen atoms in total. The highest BCUT2D eigenvalue weighted by Crippen LogP contribution is 2.27. The quantitative estimate of drug-likeness (QED) is 0.172. The summed E-state index contributed by atoms with van der Waals surface area (Å²) in [6, 6.07) is 28.5. The van der Waals surface area contributed by atoms with E-state index in [0.29, 0.717) is 19.3 Å². The third kappa shape index (κ3) is 6.17. The average Bonchev–Trinajstić information content (AvgIpc) is 2.99. The smallest absolute Gasteiger partial charge is 0.305 e.